The number of rotatable bonds is 9. The van der Waals surface area contributed by atoms with Crippen LogP contribution in [0.25, 0.3) is 10.8 Å². The Bertz CT molecular complexity index is 1030. The molecule has 176 valence electrons. The number of methoxy groups -OCH3 is 1. The van der Waals surface area contributed by atoms with Gasteiger partial charge in [0, 0.05) is 38.8 Å². The number of benzene rings is 3. The maximum atomic E-state index is 11.5. The van der Waals surface area contributed by atoms with Gasteiger partial charge in [-0.3, -0.25) is 9.80 Å². The molecule has 0 amide bonds. The first-order valence-corrected chi connectivity index (χ1v) is 12.4. The van der Waals surface area contributed by atoms with Crippen LogP contribution in [0.3, 0.4) is 0 Å². The third kappa shape index (κ3) is 5.57. The zero-order chi connectivity index (χ0) is 23.2. The molecule has 2 unspecified atom stereocenters. The molecule has 1 aliphatic heterocycles. The van der Waals surface area contributed by atoms with E-state index in [1.165, 1.54) is 10.9 Å². The molecule has 1 N–H and O–H groups in total. The normalized spacial score (nSPS) is 17.2. The van der Waals surface area contributed by atoms with Crippen molar-refractivity contribution in [3.05, 3.63) is 77.4 Å². The molecule has 0 aliphatic carbocycles. The number of piperazine rings is 1. The van der Waals surface area contributed by atoms with E-state index in [9.17, 15) is 5.11 Å². The third-order valence-corrected chi connectivity index (χ3v) is 7.17. The van der Waals surface area contributed by atoms with Gasteiger partial charge >= 0.3 is 0 Å². The lowest BCUT2D eigenvalue weighted by Gasteiger charge is -2.41. The van der Waals surface area contributed by atoms with Gasteiger partial charge in [-0.1, -0.05) is 68.3 Å². The topological polar surface area (TPSA) is 35.9 Å². The zero-order valence-corrected chi connectivity index (χ0v) is 20.3. The molecule has 4 heteroatoms. The van der Waals surface area contributed by atoms with Crippen LogP contribution in [0.4, 0.5) is 0 Å². The van der Waals surface area contributed by atoms with Gasteiger partial charge in [0.2, 0.25) is 0 Å². The van der Waals surface area contributed by atoms with Crippen LogP contribution in [-0.4, -0.2) is 54.2 Å². The molecule has 4 rings (SSSR count). The van der Waals surface area contributed by atoms with Gasteiger partial charge in [-0.15, -0.1) is 0 Å². The molecule has 0 radical (unpaired) electrons. The fourth-order valence-electron chi connectivity index (χ4n) is 5.16. The Morgan fingerprint density at radius 1 is 0.970 bits per heavy atom. The van der Waals surface area contributed by atoms with Crippen molar-refractivity contribution in [2.45, 2.75) is 51.8 Å². The van der Waals surface area contributed by atoms with Gasteiger partial charge in [-0.05, 0) is 52.9 Å². The summed E-state index contributed by atoms with van der Waals surface area (Å²) in [6.07, 6.45) is 2.82. The second-order valence-electron chi connectivity index (χ2n) is 9.33. The minimum absolute atomic E-state index is 0.153. The van der Waals surface area contributed by atoms with Crippen molar-refractivity contribution < 1.29 is 9.84 Å². The van der Waals surface area contributed by atoms with Gasteiger partial charge in [0.15, 0.2) is 0 Å². The molecule has 3 aromatic carbocycles. The summed E-state index contributed by atoms with van der Waals surface area (Å²) in [5.74, 6) is 0.907. The Morgan fingerprint density at radius 2 is 1.73 bits per heavy atom. The Hall–Kier alpha value is -2.40. The highest BCUT2D eigenvalue weighted by Crippen LogP contribution is 2.32. The molecule has 0 spiro atoms. The van der Waals surface area contributed by atoms with E-state index >= 15 is 0 Å². The first-order valence-electron chi connectivity index (χ1n) is 12.4. The summed E-state index contributed by atoms with van der Waals surface area (Å²) in [6, 6.07) is 21.4. The molecule has 33 heavy (non-hydrogen) atoms. The van der Waals surface area contributed by atoms with Crippen molar-refractivity contribution in [1.82, 2.24) is 9.80 Å². The molecular formula is C29H38N2O2. The summed E-state index contributed by atoms with van der Waals surface area (Å²) in [6.45, 7) is 9.42. The fraction of sp³-hybridized carbons (Fsp3) is 0.448. The van der Waals surface area contributed by atoms with E-state index < -0.39 is 6.10 Å². The van der Waals surface area contributed by atoms with Crippen LogP contribution < -0.4 is 4.74 Å². The quantitative estimate of drug-likeness (QED) is 0.466. The number of nitrogens with zero attached hydrogens (tertiary/aromatic N) is 2. The van der Waals surface area contributed by atoms with Crippen LogP contribution >= 0.6 is 0 Å². The Balaban J connectivity index is 1.47. The van der Waals surface area contributed by atoms with Gasteiger partial charge in [0.25, 0.3) is 0 Å². The van der Waals surface area contributed by atoms with Crippen LogP contribution in [0.2, 0.25) is 0 Å². The lowest BCUT2D eigenvalue weighted by molar-refractivity contribution is 0.0113. The average Bonchev–Trinajstić information content (AvgIpc) is 2.86. The standard InChI is InChI=1S/C29H38N2O2/c1-4-5-11-27(31-18-16-30(17-19-31)21-23-9-7-6-8-10-23)29(32)25-12-14-26-22(2)28(33-3)15-13-24(26)20-25/h6-10,12-15,20,27,29,32H,4-5,11,16-19,21H2,1-3H3. The summed E-state index contributed by atoms with van der Waals surface area (Å²) in [4.78, 5) is 5.05. The molecular weight excluding hydrogens is 408 g/mol. The number of aryl methyl sites for hydroxylation is 1. The van der Waals surface area contributed by atoms with Crippen LogP contribution in [0, 0.1) is 6.92 Å². The van der Waals surface area contributed by atoms with E-state index in [4.69, 9.17) is 4.74 Å². The summed E-state index contributed by atoms with van der Waals surface area (Å²) < 4.78 is 5.48. The molecule has 2 atom stereocenters. The van der Waals surface area contributed by atoms with E-state index in [1.54, 1.807) is 7.11 Å². The minimum atomic E-state index is -0.482. The first kappa shape index (κ1) is 23.7. The predicted octanol–water partition coefficient (Wildman–Crippen LogP) is 5.57. The largest absolute Gasteiger partial charge is 0.496 e. The smallest absolute Gasteiger partial charge is 0.122 e. The second kappa shape index (κ2) is 11.1. The number of hydrogen-bond acceptors (Lipinski definition) is 4. The molecule has 3 aromatic rings. The molecule has 4 nitrogen and oxygen atoms in total. The maximum absolute atomic E-state index is 11.5. The molecule has 1 heterocycles. The van der Waals surface area contributed by atoms with E-state index in [0.717, 1.165) is 74.2 Å². The highest BCUT2D eigenvalue weighted by molar-refractivity contribution is 5.88. The lowest BCUT2D eigenvalue weighted by Crippen LogP contribution is -2.51. The highest BCUT2D eigenvalue weighted by Gasteiger charge is 2.29. The number of fused-ring (bicyclic) bond motifs is 1. The average molecular weight is 447 g/mol. The van der Waals surface area contributed by atoms with Gasteiger partial charge in [-0.2, -0.15) is 0 Å². The first-order chi connectivity index (χ1) is 16.1. The summed E-state index contributed by atoms with van der Waals surface area (Å²) in [5, 5.41) is 13.9. The number of hydrogen-bond donors (Lipinski definition) is 1. The monoisotopic (exact) mass is 446 g/mol. The van der Waals surface area contributed by atoms with Crippen molar-refractivity contribution in [2.24, 2.45) is 0 Å². The number of unbranched alkanes of at least 4 members (excludes halogenated alkanes) is 1. The third-order valence-electron chi connectivity index (χ3n) is 7.17. The van der Waals surface area contributed by atoms with Crippen LogP contribution in [0.15, 0.2) is 60.7 Å². The van der Waals surface area contributed by atoms with Gasteiger partial charge < -0.3 is 9.84 Å². The van der Waals surface area contributed by atoms with Crippen molar-refractivity contribution in [3.63, 3.8) is 0 Å². The van der Waals surface area contributed by atoms with E-state index in [-0.39, 0.29) is 6.04 Å². The molecule has 0 saturated carbocycles. The predicted molar refractivity (Wildman–Crippen MR) is 137 cm³/mol. The van der Waals surface area contributed by atoms with Gasteiger partial charge in [0.05, 0.1) is 13.2 Å². The molecule has 1 saturated heterocycles. The lowest BCUT2D eigenvalue weighted by atomic mass is 9.93. The Kier molecular flexibility index (Phi) is 8.02. The Morgan fingerprint density at radius 3 is 2.42 bits per heavy atom. The van der Waals surface area contributed by atoms with E-state index in [2.05, 4.69) is 78.2 Å². The number of aliphatic hydroxyl groups excluding tert-OH is 1. The molecule has 0 aromatic heterocycles. The van der Waals surface area contributed by atoms with Crippen LogP contribution in [-0.2, 0) is 6.54 Å². The maximum Gasteiger partial charge on any atom is 0.122 e. The van der Waals surface area contributed by atoms with Crippen molar-refractivity contribution in [2.75, 3.05) is 33.3 Å². The van der Waals surface area contributed by atoms with Gasteiger partial charge in [0.1, 0.15) is 5.75 Å². The molecule has 1 aliphatic rings. The fourth-order valence-corrected chi connectivity index (χ4v) is 5.16. The molecule has 0 bridgehead atoms. The van der Waals surface area contributed by atoms with Gasteiger partial charge in [-0.25, -0.2) is 0 Å². The van der Waals surface area contributed by atoms with Crippen molar-refractivity contribution >= 4 is 10.8 Å². The molecule has 1 fully saturated rings. The minimum Gasteiger partial charge on any atom is -0.496 e. The SMILES string of the molecule is CCCCC(C(O)c1ccc2c(C)c(OC)ccc2c1)N1CCN(Cc2ccccc2)CC1. The van der Waals surface area contributed by atoms with E-state index in [0.29, 0.717) is 0 Å². The number of aliphatic hydroxyl groups is 1. The summed E-state index contributed by atoms with van der Waals surface area (Å²) in [5.41, 5.74) is 3.53. The highest BCUT2D eigenvalue weighted by atomic mass is 16.5. The van der Waals surface area contributed by atoms with Crippen molar-refractivity contribution in [1.29, 1.82) is 0 Å². The number of ether oxygens (including phenoxy) is 1. The zero-order valence-electron chi connectivity index (χ0n) is 20.3. The summed E-state index contributed by atoms with van der Waals surface area (Å²) in [7, 11) is 1.71. The van der Waals surface area contributed by atoms with Crippen molar-refractivity contribution in [3.8, 4) is 5.75 Å². The van der Waals surface area contributed by atoms with Crippen LogP contribution in [0.1, 0.15) is 49.0 Å². The second-order valence-corrected chi connectivity index (χ2v) is 9.33. The van der Waals surface area contributed by atoms with Crippen LogP contribution in [0.5, 0.6) is 5.75 Å². The summed E-state index contributed by atoms with van der Waals surface area (Å²) >= 11 is 0. The van der Waals surface area contributed by atoms with E-state index in [1.807, 2.05) is 6.07 Å². The Labute approximate surface area is 198 Å².